The zero-order valence-electron chi connectivity index (χ0n) is 7.32. The fraction of sp³-hybridized carbons (Fsp3) is 1.00. The average Bonchev–Trinajstić information content (AvgIpc) is 2.11. The molecule has 0 aromatic rings. The number of hydrogen-bond acceptors (Lipinski definition) is 0. The molecule has 0 bridgehead atoms. The van der Waals surface area contributed by atoms with Gasteiger partial charge >= 0.3 is 6.18 Å². The van der Waals surface area contributed by atoms with Gasteiger partial charge in [-0.05, 0) is 18.8 Å². The van der Waals surface area contributed by atoms with E-state index in [9.17, 15) is 13.2 Å². The molecule has 12 heavy (non-hydrogen) atoms. The van der Waals surface area contributed by atoms with Crippen molar-refractivity contribution in [2.24, 2.45) is 11.8 Å². The highest BCUT2D eigenvalue weighted by Crippen LogP contribution is 2.37. The largest absolute Gasteiger partial charge is 0.391 e. The minimum atomic E-state index is -3.95. The standard InChI is InChI=1S/C9H15F3/c1-7-3-2-4-8(6-5-7)9(10,11)12/h7-8H,2-6H2,1H3/t7?,8-/m1/s1. The first-order valence-corrected chi connectivity index (χ1v) is 4.57. The zero-order chi connectivity index (χ0) is 9.19. The highest BCUT2D eigenvalue weighted by atomic mass is 19.4. The van der Waals surface area contributed by atoms with Gasteiger partial charge < -0.3 is 0 Å². The van der Waals surface area contributed by atoms with Crippen LogP contribution in [-0.4, -0.2) is 6.18 Å². The van der Waals surface area contributed by atoms with E-state index in [0.717, 1.165) is 19.3 Å². The molecule has 1 unspecified atom stereocenters. The summed E-state index contributed by atoms with van der Waals surface area (Å²) < 4.78 is 36.7. The Hall–Kier alpha value is -0.210. The first-order valence-electron chi connectivity index (χ1n) is 4.57. The Balaban J connectivity index is 2.46. The second kappa shape index (κ2) is 3.67. The van der Waals surface area contributed by atoms with Crippen LogP contribution in [-0.2, 0) is 0 Å². The number of hydrogen-bond donors (Lipinski definition) is 0. The van der Waals surface area contributed by atoms with Crippen LogP contribution in [0.5, 0.6) is 0 Å². The molecule has 1 rings (SSSR count). The summed E-state index contributed by atoms with van der Waals surface area (Å²) >= 11 is 0. The molecule has 0 aliphatic heterocycles. The Morgan fingerprint density at radius 1 is 1.00 bits per heavy atom. The second-order valence-corrected chi connectivity index (χ2v) is 3.85. The fourth-order valence-electron chi connectivity index (χ4n) is 1.81. The molecule has 0 aromatic carbocycles. The molecule has 72 valence electrons. The number of alkyl halides is 3. The van der Waals surface area contributed by atoms with Gasteiger partial charge in [-0.1, -0.05) is 26.2 Å². The summed E-state index contributed by atoms with van der Waals surface area (Å²) in [4.78, 5) is 0. The lowest BCUT2D eigenvalue weighted by Crippen LogP contribution is -2.22. The summed E-state index contributed by atoms with van der Waals surface area (Å²) in [6.07, 6.45) is -0.829. The van der Waals surface area contributed by atoms with Crippen LogP contribution < -0.4 is 0 Å². The average molecular weight is 180 g/mol. The number of halogens is 3. The fourth-order valence-corrected chi connectivity index (χ4v) is 1.81. The van der Waals surface area contributed by atoms with E-state index in [0.29, 0.717) is 18.8 Å². The van der Waals surface area contributed by atoms with Crippen LogP contribution in [0.4, 0.5) is 13.2 Å². The van der Waals surface area contributed by atoms with Crippen molar-refractivity contribution in [1.29, 1.82) is 0 Å². The maximum Gasteiger partial charge on any atom is 0.391 e. The molecular weight excluding hydrogens is 165 g/mol. The van der Waals surface area contributed by atoms with Crippen molar-refractivity contribution in [3.8, 4) is 0 Å². The van der Waals surface area contributed by atoms with E-state index >= 15 is 0 Å². The van der Waals surface area contributed by atoms with Crippen molar-refractivity contribution in [3.05, 3.63) is 0 Å². The van der Waals surface area contributed by atoms with Gasteiger partial charge in [0.05, 0.1) is 5.92 Å². The van der Waals surface area contributed by atoms with Crippen LogP contribution in [0.15, 0.2) is 0 Å². The molecule has 1 aliphatic carbocycles. The van der Waals surface area contributed by atoms with Crippen molar-refractivity contribution >= 4 is 0 Å². The molecule has 0 radical (unpaired) electrons. The first-order chi connectivity index (χ1) is 5.50. The van der Waals surface area contributed by atoms with E-state index in [1.54, 1.807) is 0 Å². The predicted molar refractivity (Wildman–Crippen MR) is 41.8 cm³/mol. The van der Waals surface area contributed by atoms with Gasteiger partial charge in [0.15, 0.2) is 0 Å². The second-order valence-electron chi connectivity index (χ2n) is 3.85. The monoisotopic (exact) mass is 180 g/mol. The quantitative estimate of drug-likeness (QED) is 0.498. The smallest absolute Gasteiger partial charge is 0.171 e. The van der Waals surface area contributed by atoms with Gasteiger partial charge in [0.2, 0.25) is 0 Å². The molecule has 0 saturated heterocycles. The van der Waals surface area contributed by atoms with E-state index in [-0.39, 0.29) is 0 Å². The lowest BCUT2D eigenvalue weighted by Gasteiger charge is -2.17. The van der Waals surface area contributed by atoms with Crippen molar-refractivity contribution < 1.29 is 13.2 Å². The normalized spacial score (nSPS) is 33.0. The van der Waals surface area contributed by atoms with Crippen LogP contribution in [0.3, 0.4) is 0 Å². The maximum absolute atomic E-state index is 12.2. The van der Waals surface area contributed by atoms with Crippen LogP contribution >= 0.6 is 0 Å². The van der Waals surface area contributed by atoms with Gasteiger partial charge in [-0.3, -0.25) is 0 Å². The molecule has 0 N–H and O–H groups in total. The third kappa shape index (κ3) is 2.68. The first kappa shape index (κ1) is 9.87. The predicted octanol–water partition coefficient (Wildman–Crippen LogP) is 3.77. The lowest BCUT2D eigenvalue weighted by molar-refractivity contribution is -0.177. The highest BCUT2D eigenvalue weighted by molar-refractivity contribution is 4.73. The van der Waals surface area contributed by atoms with E-state index in [1.807, 2.05) is 6.92 Å². The molecule has 2 atom stereocenters. The Bertz CT molecular complexity index is 139. The summed E-state index contributed by atoms with van der Waals surface area (Å²) in [5.41, 5.74) is 0. The van der Waals surface area contributed by atoms with E-state index in [1.165, 1.54) is 0 Å². The maximum atomic E-state index is 12.2. The third-order valence-corrected chi connectivity index (χ3v) is 2.72. The van der Waals surface area contributed by atoms with Crippen molar-refractivity contribution in [1.82, 2.24) is 0 Å². The van der Waals surface area contributed by atoms with E-state index in [2.05, 4.69) is 0 Å². The topological polar surface area (TPSA) is 0 Å². The Labute approximate surface area is 71.1 Å². The van der Waals surface area contributed by atoms with Gasteiger partial charge in [0, 0.05) is 0 Å². The van der Waals surface area contributed by atoms with Crippen molar-refractivity contribution in [2.45, 2.75) is 45.2 Å². The molecule has 1 saturated carbocycles. The molecule has 0 aromatic heterocycles. The van der Waals surface area contributed by atoms with Crippen molar-refractivity contribution in [3.63, 3.8) is 0 Å². The highest BCUT2D eigenvalue weighted by Gasteiger charge is 2.39. The minimum absolute atomic E-state index is 0.338. The van der Waals surface area contributed by atoms with Gasteiger partial charge in [0.25, 0.3) is 0 Å². The molecule has 1 fully saturated rings. The van der Waals surface area contributed by atoms with Gasteiger partial charge in [-0.2, -0.15) is 13.2 Å². The Morgan fingerprint density at radius 2 is 1.67 bits per heavy atom. The van der Waals surface area contributed by atoms with E-state index in [4.69, 9.17) is 0 Å². The molecule has 0 amide bonds. The SMILES string of the molecule is CC1CCC[C@@H](C(F)(F)F)CC1. The molecule has 0 heterocycles. The Morgan fingerprint density at radius 3 is 2.25 bits per heavy atom. The minimum Gasteiger partial charge on any atom is -0.171 e. The summed E-state index contributed by atoms with van der Waals surface area (Å²) in [5, 5.41) is 0. The number of rotatable bonds is 0. The molecule has 3 heteroatoms. The van der Waals surface area contributed by atoms with Crippen LogP contribution in [0.25, 0.3) is 0 Å². The van der Waals surface area contributed by atoms with E-state index < -0.39 is 12.1 Å². The molecular formula is C9H15F3. The van der Waals surface area contributed by atoms with Gasteiger partial charge in [-0.15, -0.1) is 0 Å². The van der Waals surface area contributed by atoms with Crippen LogP contribution in [0, 0.1) is 11.8 Å². The molecule has 0 spiro atoms. The lowest BCUT2D eigenvalue weighted by atomic mass is 9.99. The summed E-state index contributed by atoms with van der Waals surface area (Å²) in [6, 6.07) is 0. The van der Waals surface area contributed by atoms with Crippen LogP contribution in [0.1, 0.15) is 39.0 Å². The Kier molecular flexibility index (Phi) is 3.02. The van der Waals surface area contributed by atoms with Gasteiger partial charge in [0.1, 0.15) is 0 Å². The summed E-state index contributed by atoms with van der Waals surface area (Å²) in [7, 11) is 0. The summed E-state index contributed by atoms with van der Waals surface area (Å²) in [5.74, 6) is -0.542. The molecule has 1 aliphatic rings. The van der Waals surface area contributed by atoms with Gasteiger partial charge in [-0.25, -0.2) is 0 Å². The molecule has 0 nitrogen and oxygen atoms in total. The zero-order valence-corrected chi connectivity index (χ0v) is 7.32. The summed E-state index contributed by atoms with van der Waals surface area (Å²) in [6.45, 7) is 2.04. The van der Waals surface area contributed by atoms with Crippen molar-refractivity contribution in [2.75, 3.05) is 0 Å². The van der Waals surface area contributed by atoms with Crippen LogP contribution in [0.2, 0.25) is 0 Å². The third-order valence-electron chi connectivity index (χ3n) is 2.72.